The van der Waals surface area contributed by atoms with E-state index in [1.165, 1.54) is 0 Å². The molecule has 1 saturated heterocycles. The molecule has 2 aliphatic heterocycles. The molecule has 1 fully saturated rings. The summed E-state index contributed by atoms with van der Waals surface area (Å²) < 4.78 is 12.1. The number of hydrogen-bond donors (Lipinski definition) is 1. The van der Waals surface area contributed by atoms with Gasteiger partial charge in [-0.3, -0.25) is 4.79 Å². The highest BCUT2D eigenvalue weighted by atomic mass is 16.7. The third kappa shape index (κ3) is 1.96. The van der Waals surface area contributed by atoms with Gasteiger partial charge in [-0.25, -0.2) is 0 Å². The monoisotopic (exact) mass is 273 g/mol. The fourth-order valence-electron chi connectivity index (χ4n) is 2.67. The van der Waals surface area contributed by atoms with Crippen molar-refractivity contribution in [1.29, 1.82) is 0 Å². The lowest BCUT2D eigenvalue weighted by Crippen LogP contribution is -2.44. The average Bonchev–Trinajstić information content (AvgIpc) is 2.58. The number of carbonyl (C=O) groups is 1. The smallest absolute Gasteiger partial charge is 0.399 e. The molecule has 2 aliphatic rings. The van der Waals surface area contributed by atoms with E-state index in [2.05, 4.69) is 5.32 Å². The van der Waals surface area contributed by atoms with Crippen LogP contribution in [0.3, 0.4) is 0 Å². The number of hydrogen-bond acceptors (Lipinski definition) is 3. The Balaban J connectivity index is 2.03. The van der Waals surface area contributed by atoms with Crippen LogP contribution in [0.2, 0.25) is 0 Å². The van der Waals surface area contributed by atoms with Gasteiger partial charge in [0, 0.05) is 12.1 Å². The number of carbonyl (C=O) groups excluding carboxylic acids is 1. The molecule has 0 radical (unpaired) electrons. The molecule has 0 bridgehead atoms. The van der Waals surface area contributed by atoms with Crippen molar-refractivity contribution in [1.82, 2.24) is 5.32 Å². The van der Waals surface area contributed by atoms with Crippen LogP contribution in [-0.4, -0.2) is 30.8 Å². The third-order valence-electron chi connectivity index (χ3n) is 4.60. The van der Waals surface area contributed by atoms with Crippen LogP contribution in [-0.2, 0) is 15.7 Å². The van der Waals surface area contributed by atoms with Gasteiger partial charge >= 0.3 is 7.12 Å². The van der Waals surface area contributed by atoms with Gasteiger partial charge in [-0.05, 0) is 45.1 Å². The zero-order valence-corrected chi connectivity index (χ0v) is 12.4. The van der Waals surface area contributed by atoms with Crippen LogP contribution >= 0.6 is 0 Å². The standard InChI is InChI=1S/C15H20BNO3/c1-14(2)15(3,4)20-16(19-14)11-7-5-6-10-8-9-17-13(18)12(10)11/h5-7H,8-9H2,1-4H3,(H,17,18). The predicted octanol–water partition coefficient (Wildman–Crippen LogP) is 1.27. The Kier molecular flexibility index (Phi) is 2.96. The van der Waals surface area contributed by atoms with Crippen molar-refractivity contribution in [3.63, 3.8) is 0 Å². The number of amides is 1. The van der Waals surface area contributed by atoms with Gasteiger partial charge in [0.15, 0.2) is 0 Å². The molecule has 0 saturated carbocycles. The van der Waals surface area contributed by atoms with Crippen LogP contribution in [0.5, 0.6) is 0 Å². The molecule has 106 valence electrons. The van der Waals surface area contributed by atoms with Crippen molar-refractivity contribution in [3.8, 4) is 0 Å². The molecule has 0 unspecified atom stereocenters. The molecule has 1 aromatic rings. The largest absolute Gasteiger partial charge is 0.495 e. The predicted molar refractivity (Wildman–Crippen MR) is 78.2 cm³/mol. The van der Waals surface area contributed by atoms with E-state index >= 15 is 0 Å². The minimum Gasteiger partial charge on any atom is -0.399 e. The SMILES string of the molecule is CC1(C)OB(c2cccc3c2C(=O)NCC3)OC1(C)C. The normalized spacial score (nSPS) is 23.4. The molecular formula is C15H20BNO3. The topological polar surface area (TPSA) is 47.6 Å². The van der Waals surface area contributed by atoms with E-state index in [-0.39, 0.29) is 5.91 Å². The molecule has 20 heavy (non-hydrogen) atoms. The molecule has 0 atom stereocenters. The Morgan fingerprint density at radius 2 is 1.80 bits per heavy atom. The lowest BCUT2D eigenvalue weighted by molar-refractivity contribution is 0.00578. The molecule has 2 heterocycles. The van der Waals surface area contributed by atoms with Gasteiger partial charge < -0.3 is 14.6 Å². The first-order valence-corrected chi connectivity index (χ1v) is 7.07. The number of rotatable bonds is 1. The Bertz CT molecular complexity index is 552. The summed E-state index contributed by atoms with van der Waals surface area (Å²) in [6, 6.07) is 5.90. The maximum atomic E-state index is 12.2. The van der Waals surface area contributed by atoms with Gasteiger partial charge in [-0.2, -0.15) is 0 Å². The Hall–Kier alpha value is -1.33. The van der Waals surface area contributed by atoms with Crippen molar-refractivity contribution in [3.05, 3.63) is 29.3 Å². The van der Waals surface area contributed by atoms with Crippen LogP contribution in [0, 0.1) is 0 Å². The molecule has 0 aliphatic carbocycles. The third-order valence-corrected chi connectivity index (χ3v) is 4.60. The maximum absolute atomic E-state index is 12.2. The highest BCUT2D eigenvalue weighted by Crippen LogP contribution is 2.36. The van der Waals surface area contributed by atoms with E-state index in [0.29, 0.717) is 6.54 Å². The lowest BCUT2D eigenvalue weighted by atomic mass is 9.73. The van der Waals surface area contributed by atoms with E-state index in [0.717, 1.165) is 23.0 Å². The van der Waals surface area contributed by atoms with Gasteiger partial charge in [0.25, 0.3) is 5.91 Å². The van der Waals surface area contributed by atoms with Crippen molar-refractivity contribution < 1.29 is 14.1 Å². The summed E-state index contributed by atoms with van der Waals surface area (Å²) in [5, 5.41) is 2.89. The Labute approximate surface area is 120 Å². The maximum Gasteiger partial charge on any atom is 0.495 e. The summed E-state index contributed by atoms with van der Waals surface area (Å²) >= 11 is 0. The van der Waals surface area contributed by atoms with Crippen molar-refractivity contribution in [2.75, 3.05) is 6.54 Å². The van der Waals surface area contributed by atoms with E-state index in [9.17, 15) is 4.79 Å². The first-order chi connectivity index (χ1) is 9.32. The van der Waals surface area contributed by atoms with Gasteiger partial charge in [-0.15, -0.1) is 0 Å². The molecule has 1 amide bonds. The lowest BCUT2D eigenvalue weighted by Gasteiger charge is -2.32. The molecular weight excluding hydrogens is 253 g/mol. The minimum atomic E-state index is -0.487. The van der Waals surface area contributed by atoms with Gasteiger partial charge in [0.2, 0.25) is 0 Å². The molecule has 0 spiro atoms. The second kappa shape index (κ2) is 4.33. The molecule has 0 aromatic heterocycles. The van der Waals surface area contributed by atoms with E-state index in [1.807, 2.05) is 45.9 Å². The zero-order valence-electron chi connectivity index (χ0n) is 12.4. The summed E-state index contributed by atoms with van der Waals surface area (Å²) in [6.07, 6.45) is 0.856. The number of benzene rings is 1. The molecule has 4 nitrogen and oxygen atoms in total. The summed E-state index contributed by atoms with van der Waals surface area (Å²) in [4.78, 5) is 12.2. The Morgan fingerprint density at radius 3 is 2.45 bits per heavy atom. The average molecular weight is 273 g/mol. The van der Waals surface area contributed by atoms with Crippen LogP contribution < -0.4 is 10.8 Å². The quantitative estimate of drug-likeness (QED) is 0.784. The first kappa shape index (κ1) is 13.6. The van der Waals surface area contributed by atoms with Crippen molar-refractivity contribution >= 4 is 18.5 Å². The highest BCUT2D eigenvalue weighted by Gasteiger charge is 2.52. The molecule has 5 heteroatoms. The van der Waals surface area contributed by atoms with Crippen LogP contribution in [0.4, 0.5) is 0 Å². The molecule has 1 N–H and O–H groups in total. The summed E-state index contributed by atoms with van der Waals surface area (Å²) in [7, 11) is -0.487. The van der Waals surface area contributed by atoms with E-state index in [4.69, 9.17) is 9.31 Å². The van der Waals surface area contributed by atoms with Crippen molar-refractivity contribution in [2.24, 2.45) is 0 Å². The Morgan fingerprint density at radius 1 is 1.15 bits per heavy atom. The first-order valence-electron chi connectivity index (χ1n) is 7.07. The van der Waals surface area contributed by atoms with E-state index < -0.39 is 18.3 Å². The van der Waals surface area contributed by atoms with Gasteiger partial charge in [-0.1, -0.05) is 18.2 Å². The zero-order chi connectivity index (χ0) is 14.5. The number of nitrogens with one attached hydrogen (secondary N) is 1. The summed E-state index contributed by atoms with van der Waals surface area (Å²) in [6.45, 7) is 8.76. The van der Waals surface area contributed by atoms with Gasteiger partial charge in [0.1, 0.15) is 0 Å². The second-order valence-electron chi connectivity index (χ2n) is 6.48. The minimum absolute atomic E-state index is 0.0310. The van der Waals surface area contributed by atoms with Gasteiger partial charge in [0.05, 0.1) is 11.2 Å². The number of fused-ring (bicyclic) bond motifs is 1. The fraction of sp³-hybridized carbons (Fsp3) is 0.533. The molecule has 1 aromatic carbocycles. The highest BCUT2D eigenvalue weighted by molar-refractivity contribution is 6.63. The molecule has 3 rings (SSSR count). The summed E-state index contributed by atoms with van der Waals surface area (Å²) in [5.74, 6) is -0.0310. The fourth-order valence-corrected chi connectivity index (χ4v) is 2.67. The summed E-state index contributed by atoms with van der Waals surface area (Å²) in [5.41, 5.74) is 1.83. The van der Waals surface area contributed by atoms with Crippen LogP contribution in [0.1, 0.15) is 43.6 Å². The second-order valence-corrected chi connectivity index (χ2v) is 6.48. The van der Waals surface area contributed by atoms with Crippen molar-refractivity contribution in [2.45, 2.75) is 45.3 Å². The van der Waals surface area contributed by atoms with Crippen LogP contribution in [0.15, 0.2) is 18.2 Å². The van der Waals surface area contributed by atoms with Crippen LogP contribution in [0.25, 0.3) is 0 Å². The van der Waals surface area contributed by atoms with E-state index in [1.54, 1.807) is 0 Å².